The highest BCUT2D eigenvalue weighted by molar-refractivity contribution is 5.79. The number of carbonyl (C=O) groups is 2. The van der Waals surface area contributed by atoms with E-state index in [0.717, 1.165) is 5.56 Å². The van der Waals surface area contributed by atoms with Crippen molar-refractivity contribution >= 4 is 11.9 Å². The number of benzene rings is 1. The summed E-state index contributed by atoms with van der Waals surface area (Å²) in [6, 6.07) is 8.41. The minimum absolute atomic E-state index is 0.225. The molecule has 2 atom stereocenters. The Balaban J connectivity index is 2.61. The highest BCUT2D eigenvalue weighted by Gasteiger charge is 2.26. The Morgan fingerprint density at radius 1 is 1.09 bits per heavy atom. The smallest absolute Gasteiger partial charge is 0.323 e. The first kappa shape index (κ1) is 18.2. The van der Waals surface area contributed by atoms with Crippen LogP contribution in [0.2, 0.25) is 0 Å². The van der Waals surface area contributed by atoms with Gasteiger partial charge in [0.15, 0.2) is 0 Å². The second-order valence-electron chi connectivity index (χ2n) is 5.69. The molecular weight excluding hydrogens is 282 g/mol. The third-order valence-corrected chi connectivity index (χ3v) is 3.22. The van der Waals surface area contributed by atoms with Gasteiger partial charge >= 0.3 is 11.9 Å². The molecule has 0 heterocycles. The summed E-state index contributed by atoms with van der Waals surface area (Å²) in [6.07, 6.45) is 0.592. The van der Waals surface area contributed by atoms with Crippen molar-refractivity contribution in [2.24, 2.45) is 5.92 Å². The number of methoxy groups -OCH3 is 1. The zero-order valence-electron chi connectivity index (χ0n) is 13.7. The second-order valence-corrected chi connectivity index (χ2v) is 5.69. The summed E-state index contributed by atoms with van der Waals surface area (Å²) in [5, 5.41) is 2.99. The molecule has 0 fully saturated rings. The van der Waals surface area contributed by atoms with Crippen molar-refractivity contribution in [3.05, 3.63) is 35.9 Å². The molecule has 0 amide bonds. The standard InChI is InChI=1S/C17H25NO4/c1-12(2)10-15(18-13(3)16(19)21-4)17(20)22-11-14-8-6-5-7-9-14/h5-9,12-13,15,18H,10-11H2,1-4H3/t13-,15+/m1/s1. The fourth-order valence-corrected chi connectivity index (χ4v) is 2.08. The van der Waals surface area contributed by atoms with Crippen molar-refractivity contribution in [2.45, 2.75) is 45.9 Å². The maximum absolute atomic E-state index is 12.3. The van der Waals surface area contributed by atoms with Gasteiger partial charge in [0.2, 0.25) is 0 Å². The number of ether oxygens (including phenoxy) is 2. The average Bonchev–Trinajstić information content (AvgIpc) is 2.51. The Morgan fingerprint density at radius 3 is 2.27 bits per heavy atom. The van der Waals surface area contributed by atoms with Crippen LogP contribution in [0.4, 0.5) is 0 Å². The molecule has 1 aromatic rings. The Bertz CT molecular complexity index is 473. The number of hydrogen-bond acceptors (Lipinski definition) is 5. The number of hydrogen-bond donors (Lipinski definition) is 1. The van der Waals surface area contributed by atoms with Crippen molar-refractivity contribution in [3.63, 3.8) is 0 Å². The minimum atomic E-state index is -0.557. The van der Waals surface area contributed by atoms with Crippen molar-refractivity contribution in [1.29, 1.82) is 0 Å². The molecule has 22 heavy (non-hydrogen) atoms. The summed E-state index contributed by atoms with van der Waals surface area (Å²) >= 11 is 0. The molecule has 0 aliphatic heterocycles. The van der Waals surface area contributed by atoms with E-state index < -0.39 is 18.1 Å². The molecule has 0 radical (unpaired) electrons. The summed E-state index contributed by atoms with van der Waals surface area (Å²) < 4.78 is 10.0. The average molecular weight is 307 g/mol. The molecule has 0 aliphatic carbocycles. The van der Waals surface area contributed by atoms with Gasteiger partial charge in [0.05, 0.1) is 7.11 Å². The van der Waals surface area contributed by atoms with Gasteiger partial charge in [-0.15, -0.1) is 0 Å². The van der Waals surface area contributed by atoms with Crippen molar-refractivity contribution in [3.8, 4) is 0 Å². The fraction of sp³-hybridized carbons (Fsp3) is 0.529. The van der Waals surface area contributed by atoms with Crippen LogP contribution in [-0.4, -0.2) is 31.1 Å². The Labute approximate surface area is 132 Å². The van der Waals surface area contributed by atoms with E-state index in [0.29, 0.717) is 12.3 Å². The van der Waals surface area contributed by atoms with Crippen LogP contribution in [-0.2, 0) is 25.7 Å². The number of rotatable bonds is 8. The number of carbonyl (C=O) groups excluding carboxylic acids is 2. The highest BCUT2D eigenvalue weighted by Crippen LogP contribution is 2.09. The van der Waals surface area contributed by atoms with Crippen LogP contribution < -0.4 is 5.32 Å². The van der Waals surface area contributed by atoms with Gasteiger partial charge in [-0.2, -0.15) is 0 Å². The van der Waals surface area contributed by atoms with Crippen molar-refractivity contribution in [1.82, 2.24) is 5.32 Å². The SMILES string of the molecule is COC(=O)[C@@H](C)N[C@@H](CC(C)C)C(=O)OCc1ccccc1. The molecular formula is C17H25NO4. The van der Waals surface area contributed by atoms with Crippen LogP contribution in [0.3, 0.4) is 0 Å². The normalized spacial score (nSPS) is 13.5. The van der Waals surface area contributed by atoms with Gasteiger partial charge in [-0.1, -0.05) is 44.2 Å². The lowest BCUT2D eigenvalue weighted by Gasteiger charge is -2.22. The van der Waals surface area contributed by atoms with Gasteiger partial charge in [-0.05, 0) is 24.8 Å². The van der Waals surface area contributed by atoms with E-state index in [-0.39, 0.29) is 12.6 Å². The van der Waals surface area contributed by atoms with E-state index in [1.807, 2.05) is 44.2 Å². The first-order chi connectivity index (χ1) is 10.4. The molecule has 0 unspecified atom stereocenters. The third-order valence-electron chi connectivity index (χ3n) is 3.22. The fourth-order valence-electron chi connectivity index (χ4n) is 2.08. The van der Waals surface area contributed by atoms with E-state index in [4.69, 9.17) is 4.74 Å². The zero-order valence-corrected chi connectivity index (χ0v) is 13.7. The molecule has 1 rings (SSSR count). The summed E-state index contributed by atoms with van der Waals surface area (Å²) in [6.45, 7) is 5.93. The maximum Gasteiger partial charge on any atom is 0.323 e. The van der Waals surface area contributed by atoms with Gasteiger partial charge in [-0.3, -0.25) is 14.9 Å². The van der Waals surface area contributed by atoms with Gasteiger partial charge in [0.25, 0.3) is 0 Å². The number of esters is 2. The molecule has 0 bridgehead atoms. The molecule has 0 saturated carbocycles. The van der Waals surface area contributed by atoms with E-state index in [1.165, 1.54) is 7.11 Å². The van der Waals surface area contributed by atoms with Gasteiger partial charge in [0, 0.05) is 0 Å². The van der Waals surface area contributed by atoms with Crippen LogP contribution in [0.5, 0.6) is 0 Å². The lowest BCUT2D eigenvalue weighted by atomic mass is 10.0. The lowest BCUT2D eigenvalue weighted by molar-refractivity contribution is -0.149. The molecule has 0 saturated heterocycles. The first-order valence-corrected chi connectivity index (χ1v) is 7.48. The molecule has 5 heteroatoms. The van der Waals surface area contributed by atoms with Crippen LogP contribution >= 0.6 is 0 Å². The summed E-state index contributed by atoms with van der Waals surface area (Å²) in [7, 11) is 1.33. The van der Waals surface area contributed by atoms with E-state index in [2.05, 4.69) is 10.1 Å². The molecule has 0 aliphatic rings. The van der Waals surface area contributed by atoms with E-state index >= 15 is 0 Å². The molecule has 1 N–H and O–H groups in total. The predicted octanol–water partition coefficient (Wildman–Crippen LogP) is 2.30. The summed E-state index contributed by atoms with van der Waals surface area (Å²) in [5.74, 6) is -0.454. The van der Waals surface area contributed by atoms with Gasteiger partial charge in [0.1, 0.15) is 18.7 Å². The molecule has 5 nitrogen and oxygen atoms in total. The Morgan fingerprint density at radius 2 is 1.73 bits per heavy atom. The Hall–Kier alpha value is -1.88. The van der Waals surface area contributed by atoms with Gasteiger partial charge in [-0.25, -0.2) is 0 Å². The van der Waals surface area contributed by atoms with Gasteiger partial charge < -0.3 is 9.47 Å². The molecule has 0 aromatic heterocycles. The van der Waals surface area contributed by atoms with Crippen molar-refractivity contribution < 1.29 is 19.1 Å². The zero-order chi connectivity index (χ0) is 16.5. The molecule has 122 valence electrons. The van der Waals surface area contributed by atoms with E-state index in [1.54, 1.807) is 6.92 Å². The molecule has 0 spiro atoms. The predicted molar refractivity (Wildman–Crippen MR) is 84.1 cm³/mol. The first-order valence-electron chi connectivity index (χ1n) is 7.48. The topological polar surface area (TPSA) is 64.6 Å². The van der Waals surface area contributed by atoms with Crippen LogP contribution in [0.15, 0.2) is 30.3 Å². The van der Waals surface area contributed by atoms with Crippen molar-refractivity contribution in [2.75, 3.05) is 7.11 Å². The Kier molecular flexibility index (Phi) is 7.60. The van der Waals surface area contributed by atoms with Crippen LogP contribution in [0.25, 0.3) is 0 Å². The summed E-state index contributed by atoms with van der Waals surface area (Å²) in [5.41, 5.74) is 0.931. The van der Waals surface area contributed by atoms with Crippen LogP contribution in [0, 0.1) is 5.92 Å². The third kappa shape index (κ3) is 6.26. The highest BCUT2D eigenvalue weighted by atomic mass is 16.5. The number of nitrogens with one attached hydrogen (secondary N) is 1. The second kappa shape index (κ2) is 9.20. The monoisotopic (exact) mass is 307 g/mol. The quantitative estimate of drug-likeness (QED) is 0.747. The molecule has 1 aromatic carbocycles. The minimum Gasteiger partial charge on any atom is -0.468 e. The largest absolute Gasteiger partial charge is 0.468 e. The van der Waals surface area contributed by atoms with Crippen LogP contribution in [0.1, 0.15) is 32.8 Å². The summed E-state index contributed by atoms with van der Waals surface area (Å²) in [4.78, 5) is 23.8. The van der Waals surface area contributed by atoms with E-state index in [9.17, 15) is 9.59 Å². The lowest BCUT2D eigenvalue weighted by Crippen LogP contribution is -2.47. The maximum atomic E-state index is 12.3.